The number of aromatic nitrogens is 2. The van der Waals surface area contributed by atoms with Gasteiger partial charge in [0.15, 0.2) is 0 Å². The average Bonchev–Trinajstić information content (AvgIpc) is 2.60. The second-order valence-electron chi connectivity index (χ2n) is 7.16. The summed E-state index contributed by atoms with van der Waals surface area (Å²) in [5.74, 6) is 3.17. The van der Waals surface area contributed by atoms with Crippen LogP contribution >= 0.6 is 15.9 Å². The molecule has 0 saturated carbocycles. The van der Waals surface area contributed by atoms with Crippen LogP contribution in [-0.4, -0.2) is 22.6 Å². The second-order valence-corrected chi connectivity index (χ2v) is 8.08. The summed E-state index contributed by atoms with van der Waals surface area (Å²) in [6, 6.07) is 9.09. The van der Waals surface area contributed by atoms with E-state index < -0.39 is 0 Å². The summed E-state index contributed by atoms with van der Waals surface area (Å²) in [5, 5.41) is 3.51. The third-order valence-corrected chi connectivity index (χ3v) is 5.25. The van der Waals surface area contributed by atoms with Crippen LogP contribution in [0, 0.1) is 0 Å². The molecule has 1 atom stereocenters. The second kappa shape index (κ2) is 7.73. The Kier molecular flexibility index (Phi) is 5.62. The van der Waals surface area contributed by atoms with Crippen molar-refractivity contribution in [1.29, 1.82) is 0 Å². The summed E-state index contributed by atoms with van der Waals surface area (Å²) in [6.07, 6.45) is 2.12. The van der Waals surface area contributed by atoms with Crippen molar-refractivity contribution in [3.63, 3.8) is 0 Å². The average molecular weight is 403 g/mol. The molecule has 3 rings (SSSR count). The highest BCUT2D eigenvalue weighted by atomic mass is 79.9. The largest absolute Gasteiger partial charge is 0.367 e. The first-order chi connectivity index (χ1) is 12.0. The normalized spacial score (nSPS) is 15.2. The summed E-state index contributed by atoms with van der Waals surface area (Å²) >= 11 is 3.59. The highest BCUT2D eigenvalue weighted by molar-refractivity contribution is 9.10. The van der Waals surface area contributed by atoms with E-state index in [-0.39, 0.29) is 0 Å². The monoisotopic (exact) mass is 402 g/mol. The Morgan fingerprint density at radius 2 is 1.96 bits per heavy atom. The van der Waals surface area contributed by atoms with Crippen LogP contribution in [-0.2, 0) is 13.0 Å². The van der Waals surface area contributed by atoms with E-state index >= 15 is 0 Å². The molecule has 0 spiro atoms. The van der Waals surface area contributed by atoms with E-state index in [0.717, 1.165) is 47.9 Å². The Balaban J connectivity index is 1.90. The molecule has 5 heteroatoms. The first kappa shape index (κ1) is 18.2. The van der Waals surface area contributed by atoms with Crippen molar-refractivity contribution in [2.45, 2.75) is 59.0 Å². The number of benzene rings is 1. The van der Waals surface area contributed by atoms with E-state index in [4.69, 9.17) is 9.97 Å². The van der Waals surface area contributed by atoms with Crippen LogP contribution < -0.4 is 10.2 Å². The van der Waals surface area contributed by atoms with Crippen molar-refractivity contribution in [3.8, 4) is 0 Å². The van der Waals surface area contributed by atoms with E-state index in [0.29, 0.717) is 12.0 Å². The zero-order valence-electron chi connectivity index (χ0n) is 15.5. The van der Waals surface area contributed by atoms with Crippen molar-refractivity contribution in [2.75, 3.05) is 16.8 Å². The molecular formula is C20H27BrN4. The zero-order chi connectivity index (χ0) is 18.0. The van der Waals surface area contributed by atoms with Gasteiger partial charge in [-0.1, -0.05) is 42.8 Å². The van der Waals surface area contributed by atoms with E-state index in [2.05, 4.69) is 78.1 Å². The number of hydrogen-bond acceptors (Lipinski definition) is 4. The zero-order valence-corrected chi connectivity index (χ0v) is 17.1. The maximum absolute atomic E-state index is 4.85. The smallest absolute Gasteiger partial charge is 0.135 e. The summed E-state index contributed by atoms with van der Waals surface area (Å²) < 4.78 is 1.14. The molecule has 1 N–H and O–H groups in total. The van der Waals surface area contributed by atoms with Crippen LogP contribution in [0.1, 0.15) is 57.0 Å². The molecule has 1 aromatic carbocycles. The molecule has 2 heterocycles. The van der Waals surface area contributed by atoms with Gasteiger partial charge in [0, 0.05) is 35.6 Å². The van der Waals surface area contributed by atoms with Crippen LogP contribution in [0.5, 0.6) is 0 Å². The van der Waals surface area contributed by atoms with E-state index in [1.165, 1.54) is 11.1 Å². The van der Waals surface area contributed by atoms with Crippen molar-refractivity contribution < 1.29 is 0 Å². The van der Waals surface area contributed by atoms with Gasteiger partial charge in [-0.3, -0.25) is 0 Å². The lowest BCUT2D eigenvalue weighted by molar-refractivity contribution is 0.698. The van der Waals surface area contributed by atoms with Crippen molar-refractivity contribution in [1.82, 2.24) is 9.97 Å². The SMILES string of the molecule is CC[C@@H](C)Nc1cc(N2CCc3ccc(Br)cc3C2)nc(C(C)C)n1. The lowest BCUT2D eigenvalue weighted by atomic mass is 10.00. The minimum absolute atomic E-state index is 0.309. The van der Waals surface area contributed by atoms with Gasteiger partial charge in [-0.15, -0.1) is 0 Å². The van der Waals surface area contributed by atoms with Crippen molar-refractivity contribution in [3.05, 3.63) is 45.7 Å². The first-order valence-electron chi connectivity index (χ1n) is 9.14. The van der Waals surface area contributed by atoms with Gasteiger partial charge in [-0.05, 0) is 43.0 Å². The summed E-state index contributed by atoms with van der Waals surface area (Å²) in [7, 11) is 0. The number of hydrogen-bond donors (Lipinski definition) is 1. The summed E-state index contributed by atoms with van der Waals surface area (Å²) in [4.78, 5) is 11.9. The summed E-state index contributed by atoms with van der Waals surface area (Å²) in [5.41, 5.74) is 2.82. The molecule has 1 aliphatic rings. The molecule has 25 heavy (non-hydrogen) atoms. The number of nitrogens with one attached hydrogen (secondary N) is 1. The highest BCUT2D eigenvalue weighted by Gasteiger charge is 2.20. The standard InChI is InChI=1S/C20H27BrN4/c1-5-14(4)22-18-11-19(24-20(23-18)13(2)3)25-9-8-15-6-7-17(21)10-16(15)12-25/h6-7,10-11,13-14H,5,8-9,12H2,1-4H3,(H,22,23,24)/t14-/m1/s1. The molecule has 1 aliphatic heterocycles. The van der Waals surface area contributed by atoms with Gasteiger partial charge in [0.1, 0.15) is 17.5 Å². The topological polar surface area (TPSA) is 41.0 Å². The van der Waals surface area contributed by atoms with Gasteiger partial charge < -0.3 is 10.2 Å². The minimum Gasteiger partial charge on any atom is -0.367 e. The molecular weight excluding hydrogens is 376 g/mol. The fourth-order valence-corrected chi connectivity index (χ4v) is 3.43. The third-order valence-electron chi connectivity index (χ3n) is 4.76. The van der Waals surface area contributed by atoms with Crippen LogP contribution in [0.3, 0.4) is 0 Å². The third kappa shape index (κ3) is 4.32. The Hall–Kier alpha value is -1.62. The predicted molar refractivity (Wildman–Crippen MR) is 108 cm³/mol. The van der Waals surface area contributed by atoms with E-state index in [1.807, 2.05) is 0 Å². The van der Waals surface area contributed by atoms with E-state index in [9.17, 15) is 0 Å². The molecule has 0 aliphatic carbocycles. The quantitative estimate of drug-likeness (QED) is 0.751. The molecule has 2 aromatic rings. The number of anilines is 2. The van der Waals surface area contributed by atoms with Gasteiger partial charge in [-0.25, -0.2) is 9.97 Å². The predicted octanol–water partition coefficient (Wildman–Crippen LogP) is 5.14. The Labute approximate surface area is 159 Å². The lowest BCUT2D eigenvalue weighted by Gasteiger charge is -2.30. The molecule has 4 nitrogen and oxygen atoms in total. The van der Waals surface area contributed by atoms with Gasteiger partial charge in [-0.2, -0.15) is 0 Å². The number of nitrogens with zero attached hydrogens (tertiary/aromatic N) is 3. The molecule has 0 radical (unpaired) electrons. The Morgan fingerprint density at radius 3 is 2.68 bits per heavy atom. The van der Waals surface area contributed by atoms with Crippen molar-refractivity contribution >= 4 is 27.6 Å². The molecule has 0 unspecified atom stereocenters. The van der Waals surface area contributed by atoms with Gasteiger partial charge in [0.05, 0.1) is 0 Å². The Bertz CT molecular complexity index is 744. The molecule has 0 saturated heterocycles. The van der Waals surface area contributed by atoms with Crippen LogP contribution in [0.15, 0.2) is 28.7 Å². The van der Waals surface area contributed by atoms with Crippen LogP contribution in [0.4, 0.5) is 11.6 Å². The fourth-order valence-electron chi connectivity index (χ4n) is 3.02. The molecule has 1 aromatic heterocycles. The molecule has 0 fully saturated rings. The van der Waals surface area contributed by atoms with Gasteiger partial charge in [0.25, 0.3) is 0 Å². The highest BCUT2D eigenvalue weighted by Crippen LogP contribution is 2.28. The molecule has 0 amide bonds. The van der Waals surface area contributed by atoms with Crippen LogP contribution in [0.2, 0.25) is 0 Å². The molecule has 134 valence electrons. The van der Waals surface area contributed by atoms with Crippen molar-refractivity contribution in [2.24, 2.45) is 0 Å². The summed E-state index contributed by atoms with van der Waals surface area (Å²) in [6.45, 7) is 10.6. The lowest BCUT2D eigenvalue weighted by Crippen LogP contribution is -2.31. The number of halogens is 1. The van der Waals surface area contributed by atoms with Gasteiger partial charge >= 0.3 is 0 Å². The number of fused-ring (bicyclic) bond motifs is 1. The minimum atomic E-state index is 0.309. The Morgan fingerprint density at radius 1 is 1.16 bits per heavy atom. The fraction of sp³-hybridized carbons (Fsp3) is 0.500. The van der Waals surface area contributed by atoms with Gasteiger partial charge in [0.2, 0.25) is 0 Å². The maximum atomic E-state index is 4.85. The molecule has 0 bridgehead atoms. The first-order valence-corrected chi connectivity index (χ1v) is 9.93. The van der Waals surface area contributed by atoms with Crippen LogP contribution in [0.25, 0.3) is 0 Å². The van der Waals surface area contributed by atoms with E-state index in [1.54, 1.807) is 0 Å². The number of rotatable bonds is 5. The maximum Gasteiger partial charge on any atom is 0.135 e.